The highest BCUT2D eigenvalue weighted by atomic mass is 79.9. The van der Waals surface area contributed by atoms with E-state index in [1.54, 1.807) is 6.92 Å². The van der Waals surface area contributed by atoms with Crippen LogP contribution >= 0.6 is 15.9 Å². The third kappa shape index (κ3) is 5.01. The second-order valence-corrected chi connectivity index (χ2v) is 4.05. The Hall–Kier alpha value is 0.270. The first-order valence-electron chi connectivity index (χ1n) is 3.96. The van der Waals surface area contributed by atoms with Crippen molar-refractivity contribution in [2.24, 2.45) is 5.41 Å². The van der Waals surface area contributed by atoms with Crippen molar-refractivity contribution < 1.29 is 13.2 Å². The quantitative estimate of drug-likeness (QED) is 0.655. The van der Waals surface area contributed by atoms with Crippen molar-refractivity contribution in [1.29, 1.82) is 0 Å². The van der Waals surface area contributed by atoms with Crippen molar-refractivity contribution in [1.82, 2.24) is 0 Å². The maximum absolute atomic E-state index is 12.0. The van der Waals surface area contributed by atoms with E-state index in [9.17, 15) is 13.2 Å². The molecule has 0 fully saturated rings. The molecule has 0 aromatic carbocycles. The normalized spacial score (nSPS) is 17.5. The van der Waals surface area contributed by atoms with E-state index < -0.39 is 18.0 Å². The summed E-state index contributed by atoms with van der Waals surface area (Å²) in [7, 11) is 0. The zero-order chi connectivity index (χ0) is 9.83. The molecular formula is C8H14BrF3. The summed E-state index contributed by atoms with van der Waals surface area (Å²) in [4.78, 5) is 0. The molecule has 1 unspecified atom stereocenters. The van der Waals surface area contributed by atoms with Gasteiger partial charge in [0.2, 0.25) is 0 Å². The van der Waals surface area contributed by atoms with Crippen LogP contribution in [0.25, 0.3) is 0 Å². The molecule has 0 amide bonds. The van der Waals surface area contributed by atoms with Crippen LogP contribution in [0.2, 0.25) is 0 Å². The Labute approximate surface area is 79.7 Å². The number of hydrogen-bond acceptors (Lipinski definition) is 0. The van der Waals surface area contributed by atoms with Gasteiger partial charge in [-0.3, -0.25) is 0 Å². The molecule has 0 aromatic heterocycles. The Morgan fingerprint density at radius 3 is 2.00 bits per heavy atom. The van der Waals surface area contributed by atoms with Crippen LogP contribution in [0.15, 0.2) is 0 Å². The first-order chi connectivity index (χ1) is 5.33. The van der Waals surface area contributed by atoms with Crippen molar-refractivity contribution in [2.45, 2.75) is 39.3 Å². The largest absolute Gasteiger partial charge is 0.389 e. The fraction of sp³-hybridized carbons (Fsp3) is 1.00. The van der Waals surface area contributed by atoms with E-state index in [0.717, 1.165) is 6.42 Å². The number of alkyl halides is 4. The second-order valence-electron chi connectivity index (χ2n) is 3.49. The highest BCUT2D eigenvalue weighted by molar-refractivity contribution is 9.09. The average Bonchev–Trinajstić information content (AvgIpc) is 1.84. The van der Waals surface area contributed by atoms with Gasteiger partial charge in [0.1, 0.15) is 0 Å². The third-order valence-corrected chi connectivity index (χ3v) is 3.16. The molecule has 0 saturated carbocycles. The summed E-state index contributed by atoms with van der Waals surface area (Å²) in [5.74, 6) is 0. The van der Waals surface area contributed by atoms with E-state index in [-0.39, 0.29) is 0 Å². The van der Waals surface area contributed by atoms with Gasteiger partial charge in [0, 0.05) is 11.8 Å². The van der Waals surface area contributed by atoms with Crippen LogP contribution in [0.5, 0.6) is 0 Å². The predicted molar refractivity (Wildman–Crippen MR) is 47.5 cm³/mol. The van der Waals surface area contributed by atoms with Crippen LogP contribution in [-0.2, 0) is 0 Å². The molecule has 0 saturated heterocycles. The van der Waals surface area contributed by atoms with E-state index in [1.165, 1.54) is 0 Å². The van der Waals surface area contributed by atoms with E-state index in [0.29, 0.717) is 11.8 Å². The van der Waals surface area contributed by atoms with Crippen molar-refractivity contribution >= 4 is 15.9 Å². The minimum atomic E-state index is -4.04. The highest BCUT2D eigenvalue weighted by Gasteiger charge is 2.37. The second kappa shape index (κ2) is 4.49. The Kier molecular flexibility index (Phi) is 4.59. The Bertz CT molecular complexity index is 133. The first-order valence-corrected chi connectivity index (χ1v) is 5.08. The highest BCUT2D eigenvalue weighted by Crippen LogP contribution is 2.38. The van der Waals surface area contributed by atoms with Gasteiger partial charge in [-0.05, 0) is 11.8 Å². The summed E-state index contributed by atoms with van der Waals surface area (Å²) in [6, 6.07) is 0. The molecule has 1 atom stereocenters. The summed E-state index contributed by atoms with van der Waals surface area (Å²) in [5.41, 5.74) is -0.632. The van der Waals surface area contributed by atoms with Crippen LogP contribution in [-0.4, -0.2) is 11.5 Å². The lowest BCUT2D eigenvalue weighted by Crippen LogP contribution is -2.26. The molecule has 0 aliphatic heterocycles. The van der Waals surface area contributed by atoms with Crippen LogP contribution in [0.3, 0.4) is 0 Å². The third-order valence-electron chi connectivity index (χ3n) is 1.80. The number of rotatable bonds is 4. The van der Waals surface area contributed by atoms with E-state index in [4.69, 9.17) is 0 Å². The van der Waals surface area contributed by atoms with E-state index in [1.807, 2.05) is 6.92 Å². The fourth-order valence-electron chi connectivity index (χ4n) is 1.29. The molecule has 0 aliphatic rings. The van der Waals surface area contributed by atoms with Crippen molar-refractivity contribution in [3.63, 3.8) is 0 Å². The molecule has 0 nitrogen and oxygen atoms in total. The lowest BCUT2D eigenvalue weighted by molar-refractivity contribution is -0.154. The topological polar surface area (TPSA) is 0 Å². The zero-order valence-electron chi connectivity index (χ0n) is 7.34. The molecule has 0 aromatic rings. The molecule has 0 heterocycles. The summed E-state index contributed by atoms with van der Waals surface area (Å²) in [5, 5.41) is 0.410. The molecule has 0 rings (SSSR count). The molecule has 0 radical (unpaired) electrons. The summed E-state index contributed by atoms with van der Waals surface area (Å²) >= 11 is 3.13. The summed E-state index contributed by atoms with van der Waals surface area (Å²) < 4.78 is 36.1. The van der Waals surface area contributed by atoms with Gasteiger partial charge in [0.15, 0.2) is 0 Å². The number of hydrogen-bond donors (Lipinski definition) is 0. The van der Waals surface area contributed by atoms with Gasteiger partial charge in [0.05, 0.1) is 0 Å². The van der Waals surface area contributed by atoms with E-state index >= 15 is 0 Å². The smallest absolute Gasteiger partial charge is 0.171 e. The molecule has 0 aliphatic carbocycles. The van der Waals surface area contributed by atoms with Gasteiger partial charge >= 0.3 is 6.18 Å². The van der Waals surface area contributed by atoms with Crippen molar-refractivity contribution in [3.8, 4) is 0 Å². The van der Waals surface area contributed by atoms with Crippen LogP contribution in [0.4, 0.5) is 13.2 Å². The van der Waals surface area contributed by atoms with E-state index in [2.05, 4.69) is 15.9 Å². The molecule has 12 heavy (non-hydrogen) atoms. The van der Waals surface area contributed by atoms with Gasteiger partial charge in [-0.15, -0.1) is 0 Å². The minimum absolute atomic E-state index is 0.410. The van der Waals surface area contributed by atoms with Crippen molar-refractivity contribution in [3.05, 3.63) is 0 Å². The van der Waals surface area contributed by atoms with Crippen LogP contribution in [0, 0.1) is 5.41 Å². The molecular weight excluding hydrogens is 233 g/mol. The average molecular weight is 247 g/mol. The first kappa shape index (κ1) is 12.3. The maximum atomic E-state index is 12.0. The number of halogens is 4. The van der Waals surface area contributed by atoms with Gasteiger partial charge < -0.3 is 0 Å². The molecule has 74 valence electrons. The van der Waals surface area contributed by atoms with Crippen LogP contribution in [0.1, 0.15) is 33.1 Å². The Morgan fingerprint density at radius 2 is 1.75 bits per heavy atom. The minimum Gasteiger partial charge on any atom is -0.171 e. The standard InChI is InChI=1S/C8H14BrF3/c1-3-4-7(2,6-9)5-8(10,11)12/h3-6H2,1-2H3. The molecule has 4 heteroatoms. The lowest BCUT2D eigenvalue weighted by atomic mass is 9.84. The molecule has 0 bridgehead atoms. The van der Waals surface area contributed by atoms with Gasteiger partial charge in [-0.1, -0.05) is 36.2 Å². The predicted octanol–water partition coefficient (Wildman–Crippen LogP) is 4.14. The summed E-state index contributed by atoms with van der Waals surface area (Å²) in [6.45, 7) is 3.57. The molecule has 0 N–H and O–H groups in total. The maximum Gasteiger partial charge on any atom is 0.389 e. The van der Waals surface area contributed by atoms with Crippen molar-refractivity contribution in [2.75, 3.05) is 5.33 Å². The van der Waals surface area contributed by atoms with Gasteiger partial charge in [0.25, 0.3) is 0 Å². The van der Waals surface area contributed by atoms with Gasteiger partial charge in [-0.2, -0.15) is 13.2 Å². The fourth-order valence-corrected chi connectivity index (χ4v) is 1.77. The zero-order valence-corrected chi connectivity index (χ0v) is 8.93. The summed E-state index contributed by atoms with van der Waals surface area (Å²) in [6.07, 6.45) is -3.34. The lowest BCUT2D eigenvalue weighted by Gasteiger charge is -2.27. The van der Waals surface area contributed by atoms with Crippen LogP contribution < -0.4 is 0 Å². The van der Waals surface area contributed by atoms with Gasteiger partial charge in [-0.25, -0.2) is 0 Å². The SMILES string of the molecule is CCCC(C)(CBr)CC(F)(F)F. The monoisotopic (exact) mass is 246 g/mol. The Balaban J connectivity index is 4.14. The molecule has 0 spiro atoms. The Morgan fingerprint density at radius 1 is 1.25 bits per heavy atom.